The molecule has 1 fully saturated rings. The minimum atomic E-state index is -0.108. The number of fused-ring (bicyclic) bond motifs is 1. The normalized spacial score (nSPS) is 16.0. The van der Waals surface area contributed by atoms with Crippen LogP contribution in [0.15, 0.2) is 34.6 Å². The second-order valence-electron chi connectivity index (χ2n) is 5.52. The summed E-state index contributed by atoms with van der Waals surface area (Å²) in [5, 5.41) is 7.45. The summed E-state index contributed by atoms with van der Waals surface area (Å²) in [7, 11) is 0. The molecule has 108 valence electrons. The summed E-state index contributed by atoms with van der Waals surface area (Å²) < 4.78 is 3.05. The molecule has 0 saturated heterocycles. The van der Waals surface area contributed by atoms with E-state index in [4.69, 9.17) is 4.98 Å². The molecule has 1 aliphatic rings. The Labute approximate surface area is 125 Å². The number of rotatable bonds is 3. The summed E-state index contributed by atoms with van der Waals surface area (Å²) in [6, 6.07) is 5.55. The molecule has 0 bridgehead atoms. The molecule has 1 saturated carbocycles. The lowest BCUT2D eigenvalue weighted by molar-refractivity contribution is 0.645. The molecule has 0 amide bonds. The van der Waals surface area contributed by atoms with Crippen LogP contribution in [0.25, 0.3) is 5.65 Å². The second-order valence-corrected chi connectivity index (χ2v) is 6.46. The minimum absolute atomic E-state index is 0.108. The van der Waals surface area contributed by atoms with E-state index in [9.17, 15) is 4.79 Å². The van der Waals surface area contributed by atoms with Crippen LogP contribution in [0.5, 0.6) is 0 Å². The van der Waals surface area contributed by atoms with E-state index in [1.54, 1.807) is 21.9 Å². The molecule has 3 aromatic heterocycles. The van der Waals surface area contributed by atoms with Crippen molar-refractivity contribution in [2.24, 2.45) is 0 Å². The van der Waals surface area contributed by atoms with Crippen molar-refractivity contribution in [1.29, 1.82) is 0 Å². The molecule has 0 aliphatic heterocycles. The fourth-order valence-electron chi connectivity index (χ4n) is 3.01. The van der Waals surface area contributed by atoms with Crippen molar-refractivity contribution in [2.75, 3.05) is 0 Å². The monoisotopic (exact) mass is 300 g/mol. The van der Waals surface area contributed by atoms with Gasteiger partial charge in [0.15, 0.2) is 5.65 Å². The van der Waals surface area contributed by atoms with E-state index in [-0.39, 0.29) is 5.69 Å². The van der Waals surface area contributed by atoms with Gasteiger partial charge in [0.05, 0.1) is 12.2 Å². The van der Waals surface area contributed by atoms with Crippen LogP contribution < -0.4 is 5.69 Å². The standard InChI is InChI=1S/C15H16N4OS/c20-15-18-8-4-3-7-13(18)17-19(15)9-14-16-12(10-21-14)11-5-1-2-6-11/h3-4,7-8,10-11H,1-2,5-6,9H2. The summed E-state index contributed by atoms with van der Waals surface area (Å²) in [4.78, 5) is 16.9. The lowest BCUT2D eigenvalue weighted by Crippen LogP contribution is -2.21. The zero-order valence-corrected chi connectivity index (χ0v) is 12.4. The number of pyridine rings is 1. The maximum atomic E-state index is 12.2. The van der Waals surface area contributed by atoms with Crippen LogP contribution in [-0.2, 0) is 6.54 Å². The lowest BCUT2D eigenvalue weighted by Gasteiger charge is -2.03. The SMILES string of the molecule is O=c1n(Cc2nc(C3CCCC3)cs2)nc2ccccn12. The van der Waals surface area contributed by atoms with Gasteiger partial charge in [0.25, 0.3) is 0 Å². The van der Waals surface area contributed by atoms with Crippen molar-refractivity contribution in [2.45, 2.75) is 38.1 Å². The van der Waals surface area contributed by atoms with Crippen molar-refractivity contribution < 1.29 is 0 Å². The summed E-state index contributed by atoms with van der Waals surface area (Å²) >= 11 is 1.63. The molecule has 5 nitrogen and oxygen atoms in total. The van der Waals surface area contributed by atoms with Crippen molar-refractivity contribution in [3.8, 4) is 0 Å². The van der Waals surface area contributed by atoms with E-state index in [1.165, 1.54) is 36.1 Å². The largest absolute Gasteiger partial charge is 0.350 e. The maximum Gasteiger partial charge on any atom is 0.350 e. The van der Waals surface area contributed by atoms with Gasteiger partial charge in [-0.25, -0.2) is 14.5 Å². The smallest absolute Gasteiger partial charge is 0.250 e. The Morgan fingerprint density at radius 2 is 2.14 bits per heavy atom. The van der Waals surface area contributed by atoms with E-state index in [0.717, 1.165) is 5.01 Å². The van der Waals surface area contributed by atoms with Gasteiger partial charge < -0.3 is 0 Å². The van der Waals surface area contributed by atoms with Gasteiger partial charge in [0, 0.05) is 17.5 Å². The quantitative estimate of drug-likeness (QED) is 0.747. The highest BCUT2D eigenvalue weighted by molar-refractivity contribution is 7.09. The van der Waals surface area contributed by atoms with Gasteiger partial charge in [0.2, 0.25) is 0 Å². The number of aromatic nitrogens is 4. The molecule has 3 heterocycles. The van der Waals surface area contributed by atoms with Crippen LogP contribution in [0.4, 0.5) is 0 Å². The molecule has 0 N–H and O–H groups in total. The molecule has 3 aromatic rings. The molecule has 0 atom stereocenters. The summed E-state index contributed by atoms with van der Waals surface area (Å²) in [5.41, 5.74) is 1.77. The summed E-state index contributed by atoms with van der Waals surface area (Å²) in [6.45, 7) is 0.456. The molecular formula is C15H16N4OS. The van der Waals surface area contributed by atoms with Gasteiger partial charge >= 0.3 is 5.69 Å². The van der Waals surface area contributed by atoms with Crippen LogP contribution >= 0.6 is 11.3 Å². The average Bonchev–Trinajstić information content (AvgIpc) is 3.21. The van der Waals surface area contributed by atoms with Gasteiger partial charge in [-0.05, 0) is 25.0 Å². The summed E-state index contributed by atoms with van der Waals surface area (Å²) in [6.07, 6.45) is 6.86. The second kappa shape index (κ2) is 5.11. The van der Waals surface area contributed by atoms with Crippen LogP contribution in [0.1, 0.15) is 42.3 Å². The first kappa shape index (κ1) is 12.8. The topological polar surface area (TPSA) is 52.2 Å². The highest BCUT2D eigenvalue weighted by Crippen LogP contribution is 2.34. The van der Waals surface area contributed by atoms with E-state index in [2.05, 4.69) is 10.5 Å². The van der Waals surface area contributed by atoms with Crippen LogP contribution in [0.3, 0.4) is 0 Å². The number of thiazole rings is 1. The molecule has 0 aromatic carbocycles. The van der Waals surface area contributed by atoms with Crippen molar-refractivity contribution in [3.63, 3.8) is 0 Å². The molecule has 1 aliphatic carbocycles. The number of nitrogens with zero attached hydrogens (tertiary/aromatic N) is 4. The average molecular weight is 300 g/mol. The zero-order valence-electron chi connectivity index (χ0n) is 11.6. The fraction of sp³-hybridized carbons (Fsp3) is 0.400. The Morgan fingerprint density at radius 1 is 1.29 bits per heavy atom. The van der Waals surface area contributed by atoms with Crippen molar-refractivity contribution in [1.82, 2.24) is 19.2 Å². The number of hydrogen-bond acceptors (Lipinski definition) is 4. The van der Waals surface area contributed by atoms with Gasteiger partial charge in [-0.15, -0.1) is 16.4 Å². The maximum absolute atomic E-state index is 12.2. The Hall–Kier alpha value is -1.95. The van der Waals surface area contributed by atoms with E-state index in [0.29, 0.717) is 18.1 Å². The van der Waals surface area contributed by atoms with Crippen molar-refractivity contribution >= 4 is 17.0 Å². The van der Waals surface area contributed by atoms with Gasteiger partial charge in [-0.2, -0.15) is 0 Å². The Balaban J connectivity index is 1.62. The van der Waals surface area contributed by atoms with Crippen molar-refractivity contribution in [3.05, 3.63) is 51.0 Å². The van der Waals surface area contributed by atoms with Gasteiger partial charge in [0.1, 0.15) is 5.01 Å². The zero-order chi connectivity index (χ0) is 14.2. The molecule has 0 spiro atoms. The predicted molar refractivity (Wildman–Crippen MR) is 81.9 cm³/mol. The third-order valence-corrected chi connectivity index (χ3v) is 4.97. The minimum Gasteiger partial charge on any atom is -0.250 e. The highest BCUT2D eigenvalue weighted by Gasteiger charge is 2.20. The Kier molecular flexibility index (Phi) is 3.11. The Morgan fingerprint density at radius 3 is 2.95 bits per heavy atom. The number of hydrogen-bond donors (Lipinski definition) is 0. The third kappa shape index (κ3) is 2.29. The van der Waals surface area contributed by atoms with Gasteiger partial charge in [-0.3, -0.25) is 4.40 Å². The molecule has 6 heteroatoms. The molecule has 0 radical (unpaired) electrons. The Bertz CT molecular complexity index is 825. The lowest BCUT2D eigenvalue weighted by atomic mass is 10.1. The third-order valence-electron chi connectivity index (χ3n) is 4.12. The molecule has 0 unspecified atom stereocenters. The molecular weight excluding hydrogens is 284 g/mol. The predicted octanol–water partition coefficient (Wildman–Crippen LogP) is 2.66. The van der Waals surface area contributed by atoms with E-state index < -0.39 is 0 Å². The molecule has 21 heavy (non-hydrogen) atoms. The van der Waals surface area contributed by atoms with E-state index in [1.807, 2.05) is 18.2 Å². The van der Waals surface area contributed by atoms with Crippen LogP contribution in [0.2, 0.25) is 0 Å². The summed E-state index contributed by atoms with van der Waals surface area (Å²) in [5.74, 6) is 0.618. The highest BCUT2D eigenvalue weighted by atomic mass is 32.1. The first-order valence-electron chi connectivity index (χ1n) is 7.30. The fourth-order valence-corrected chi connectivity index (χ4v) is 3.86. The molecule has 4 rings (SSSR count). The first-order chi connectivity index (χ1) is 10.3. The van der Waals surface area contributed by atoms with Crippen LogP contribution in [-0.4, -0.2) is 19.2 Å². The first-order valence-corrected chi connectivity index (χ1v) is 8.18. The van der Waals surface area contributed by atoms with E-state index >= 15 is 0 Å². The van der Waals surface area contributed by atoms with Gasteiger partial charge in [-0.1, -0.05) is 18.9 Å². The van der Waals surface area contributed by atoms with Crippen LogP contribution in [0, 0.1) is 0 Å².